The number of halogens is 1. The highest BCUT2D eigenvalue weighted by molar-refractivity contribution is 6.61. The zero-order chi connectivity index (χ0) is 11.3. The second-order valence-corrected chi connectivity index (χ2v) is 4.14. The molecule has 0 amide bonds. The topological polar surface area (TPSA) is 26.3 Å². The Bertz CT molecular complexity index is 309. The molecule has 1 aromatic rings. The van der Waals surface area contributed by atoms with Gasteiger partial charge in [-0.25, -0.2) is 4.79 Å². The Morgan fingerprint density at radius 3 is 2.40 bits per heavy atom. The van der Waals surface area contributed by atoms with Crippen LogP contribution in [0.15, 0.2) is 30.3 Å². The van der Waals surface area contributed by atoms with Crippen LogP contribution in [0.2, 0.25) is 0 Å². The fourth-order valence-corrected chi connectivity index (χ4v) is 1.49. The molecule has 1 atom stereocenters. The molecule has 0 fully saturated rings. The highest BCUT2D eigenvalue weighted by Gasteiger charge is 2.17. The van der Waals surface area contributed by atoms with Crippen LogP contribution in [0.25, 0.3) is 0 Å². The summed E-state index contributed by atoms with van der Waals surface area (Å²) in [6.07, 6.45) is 0.550. The Labute approximate surface area is 95.2 Å². The lowest BCUT2D eigenvalue weighted by atomic mass is 9.99. The van der Waals surface area contributed by atoms with Crippen molar-refractivity contribution in [2.45, 2.75) is 26.4 Å². The number of carbonyl (C=O) groups excluding carboxylic acids is 1. The van der Waals surface area contributed by atoms with E-state index in [1.807, 2.05) is 44.2 Å². The van der Waals surface area contributed by atoms with E-state index in [0.717, 1.165) is 5.56 Å². The number of hydrogen-bond donors (Lipinski definition) is 0. The van der Waals surface area contributed by atoms with E-state index in [4.69, 9.17) is 16.3 Å². The van der Waals surface area contributed by atoms with Crippen molar-refractivity contribution in [3.63, 3.8) is 0 Å². The Hall–Kier alpha value is -1.02. The summed E-state index contributed by atoms with van der Waals surface area (Å²) in [5, 5.41) is 0. The maximum Gasteiger partial charge on any atom is 0.404 e. The lowest BCUT2D eigenvalue weighted by Crippen LogP contribution is -2.23. The molecule has 2 nitrogen and oxygen atoms in total. The van der Waals surface area contributed by atoms with Gasteiger partial charge in [0.05, 0.1) is 0 Å². The molecule has 0 radical (unpaired) electrons. The third-order valence-corrected chi connectivity index (χ3v) is 2.36. The number of benzene rings is 1. The van der Waals surface area contributed by atoms with Gasteiger partial charge in [-0.15, -0.1) is 0 Å². The first kappa shape index (κ1) is 12.1. The standard InChI is InChI=1S/C12H15ClO2/c1-9(2)11(15-12(13)14)8-10-6-4-3-5-7-10/h3-7,9,11H,8H2,1-2H3. The second kappa shape index (κ2) is 5.76. The van der Waals surface area contributed by atoms with E-state index in [2.05, 4.69) is 0 Å². The van der Waals surface area contributed by atoms with Crippen molar-refractivity contribution in [2.24, 2.45) is 5.92 Å². The zero-order valence-corrected chi connectivity index (χ0v) is 9.70. The van der Waals surface area contributed by atoms with Crippen molar-refractivity contribution in [3.8, 4) is 0 Å². The minimum Gasteiger partial charge on any atom is -0.450 e. The van der Waals surface area contributed by atoms with Gasteiger partial charge in [-0.3, -0.25) is 0 Å². The number of ether oxygens (including phenoxy) is 1. The Kier molecular flexibility index (Phi) is 4.63. The maximum absolute atomic E-state index is 10.7. The third kappa shape index (κ3) is 4.34. The number of hydrogen-bond acceptors (Lipinski definition) is 2. The molecule has 1 aromatic carbocycles. The predicted octanol–water partition coefficient (Wildman–Crippen LogP) is 3.63. The summed E-state index contributed by atoms with van der Waals surface area (Å²) in [5.41, 5.74) is 0.416. The molecule has 0 N–H and O–H groups in total. The molecule has 15 heavy (non-hydrogen) atoms. The zero-order valence-electron chi connectivity index (χ0n) is 8.94. The van der Waals surface area contributed by atoms with Crippen LogP contribution in [-0.2, 0) is 11.2 Å². The summed E-state index contributed by atoms with van der Waals surface area (Å²) in [4.78, 5) is 10.7. The fraction of sp³-hybridized carbons (Fsp3) is 0.417. The normalized spacial score (nSPS) is 12.5. The van der Waals surface area contributed by atoms with Crippen LogP contribution in [0, 0.1) is 5.92 Å². The summed E-state index contributed by atoms with van der Waals surface area (Å²) in [6.45, 7) is 4.01. The van der Waals surface area contributed by atoms with Crippen LogP contribution in [0.3, 0.4) is 0 Å². The molecule has 82 valence electrons. The van der Waals surface area contributed by atoms with Gasteiger partial charge in [0, 0.05) is 18.0 Å². The van der Waals surface area contributed by atoms with E-state index in [9.17, 15) is 4.79 Å². The maximum atomic E-state index is 10.7. The molecular formula is C12H15ClO2. The molecule has 0 saturated heterocycles. The first-order valence-electron chi connectivity index (χ1n) is 4.99. The lowest BCUT2D eigenvalue weighted by molar-refractivity contribution is 0.0914. The van der Waals surface area contributed by atoms with Gasteiger partial charge in [-0.05, 0) is 11.5 Å². The smallest absolute Gasteiger partial charge is 0.404 e. The molecule has 0 aliphatic carbocycles. The molecule has 0 saturated carbocycles. The van der Waals surface area contributed by atoms with Crippen molar-refractivity contribution in [1.82, 2.24) is 0 Å². The molecule has 0 bridgehead atoms. The van der Waals surface area contributed by atoms with E-state index >= 15 is 0 Å². The van der Waals surface area contributed by atoms with Gasteiger partial charge in [0.2, 0.25) is 0 Å². The summed E-state index contributed by atoms with van der Waals surface area (Å²) in [5.74, 6) is 0.257. The molecule has 1 unspecified atom stereocenters. The van der Waals surface area contributed by atoms with Gasteiger partial charge >= 0.3 is 5.43 Å². The van der Waals surface area contributed by atoms with Crippen LogP contribution < -0.4 is 0 Å². The molecule has 0 heterocycles. The van der Waals surface area contributed by atoms with Crippen LogP contribution in [0.5, 0.6) is 0 Å². The molecule has 1 rings (SSSR count). The van der Waals surface area contributed by atoms with Crippen molar-refractivity contribution in [3.05, 3.63) is 35.9 Å². The third-order valence-electron chi connectivity index (χ3n) is 2.27. The van der Waals surface area contributed by atoms with Gasteiger partial charge in [-0.2, -0.15) is 0 Å². The lowest BCUT2D eigenvalue weighted by Gasteiger charge is -2.19. The van der Waals surface area contributed by atoms with Crippen molar-refractivity contribution >= 4 is 17.0 Å². The fourth-order valence-electron chi connectivity index (χ4n) is 1.38. The number of carbonyl (C=O) groups is 1. The van der Waals surface area contributed by atoms with E-state index in [-0.39, 0.29) is 12.0 Å². The Morgan fingerprint density at radius 2 is 1.93 bits per heavy atom. The summed E-state index contributed by atoms with van der Waals surface area (Å²) in [7, 11) is 0. The first-order chi connectivity index (χ1) is 7.09. The van der Waals surface area contributed by atoms with Crippen molar-refractivity contribution < 1.29 is 9.53 Å². The SMILES string of the molecule is CC(C)C(Cc1ccccc1)OC(=O)Cl. The van der Waals surface area contributed by atoms with Gasteiger partial charge in [0.1, 0.15) is 6.10 Å². The molecule has 0 aliphatic heterocycles. The molecule has 0 spiro atoms. The highest BCUT2D eigenvalue weighted by atomic mass is 35.5. The summed E-state index contributed by atoms with van der Waals surface area (Å²) >= 11 is 5.22. The molecule has 0 aromatic heterocycles. The van der Waals surface area contributed by atoms with Gasteiger partial charge in [-0.1, -0.05) is 44.2 Å². The average molecular weight is 227 g/mol. The Balaban J connectivity index is 2.63. The van der Waals surface area contributed by atoms with Crippen LogP contribution >= 0.6 is 11.6 Å². The minimum atomic E-state index is -0.732. The summed E-state index contributed by atoms with van der Waals surface area (Å²) in [6, 6.07) is 9.92. The minimum absolute atomic E-state index is 0.155. The van der Waals surface area contributed by atoms with Crippen LogP contribution in [0.1, 0.15) is 19.4 Å². The molecule has 3 heteroatoms. The highest BCUT2D eigenvalue weighted by Crippen LogP contribution is 2.14. The van der Waals surface area contributed by atoms with Gasteiger partial charge < -0.3 is 4.74 Å². The van der Waals surface area contributed by atoms with Crippen LogP contribution in [-0.4, -0.2) is 11.5 Å². The second-order valence-electron chi connectivity index (χ2n) is 3.83. The molecular weight excluding hydrogens is 212 g/mol. The number of rotatable bonds is 4. The first-order valence-corrected chi connectivity index (χ1v) is 5.37. The predicted molar refractivity (Wildman–Crippen MR) is 61.1 cm³/mol. The Morgan fingerprint density at radius 1 is 1.33 bits per heavy atom. The largest absolute Gasteiger partial charge is 0.450 e. The van der Waals surface area contributed by atoms with E-state index in [0.29, 0.717) is 6.42 Å². The van der Waals surface area contributed by atoms with E-state index in [1.54, 1.807) is 0 Å². The van der Waals surface area contributed by atoms with Crippen molar-refractivity contribution in [2.75, 3.05) is 0 Å². The van der Waals surface area contributed by atoms with Crippen LogP contribution in [0.4, 0.5) is 4.79 Å². The average Bonchev–Trinajstić information content (AvgIpc) is 2.17. The van der Waals surface area contributed by atoms with Crippen molar-refractivity contribution in [1.29, 1.82) is 0 Å². The monoisotopic (exact) mass is 226 g/mol. The van der Waals surface area contributed by atoms with Gasteiger partial charge in [0.15, 0.2) is 0 Å². The molecule has 0 aliphatic rings. The quantitative estimate of drug-likeness (QED) is 0.733. The van der Waals surface area contributed by atoms with E-state index in [1.165, 1.54) is 0 Å². The van der Waals surface area contributed by atoms with E-state index < -0.39 is 5.43 Å². The summed E-state index contributed by atoms with van der Waals surface area (Å²) < 4.78 is 5.04. The van der Waals surface area contributed by atoms with Gasteiger partial charge in [0.25, 0.3) is 0 Å².